The molecule has 212 valence electrons. The number of carbonyl (C=O) groups is 2. The van der Waals surface area contributed by atoms with Crippen molar-refractivity contribution in [3.63, 3.8) is 0 Å². The summed E-state index contributed by atoms with van der Waals surface area (Å²) in [5.41, 5.74) is 3.66. The summed E-state index contributed by atoms with van der Waals surface area (Å²) in [6.45, 7) is 3.86. The molecule has 5 aromatic rings. The van der Waals surface area contributed by atoms with Crippen LogP contribution in [0.3, 0.4) is 0 Å². The lowest BCUT2D eigenvalue weighted by Crippen LogP contribution is -2.30. The molecular formula is C33H36N4O4. The summed E-state index contributed by atoms with van der Waals surface area (Å²) in [4.78, 5) is 33.2. The molecule has 0 saturated heterocycles. The maximum atomic E-state index is 13.4. The Balaban J connectivity index is 1.34. The summed E-state index contributed by atoms with van der Waals surface area (Å²) in [6, 6.07) is 19.5. The Morgan fingerprint density at radius 3 is 2.66 bits per heavy atom. The second-order valence-corrected chi connectivity index (χ2v) is 10.4. The van der Waals surface area contributed by atoms with Crippen molar-refractivity contribution in [3.8, 4) is 17.2 Å². The third-order valence-electron chi connectivity index (χ3n) is 7.59. The number of fused-ring (bicyclic) bond motifs is 2. The van der Waals surface area contributed by atoms with E-state index in [9.17, 15) is 9.59 Å². The molecule has 0 saturated carbocycles. The smallest absolute Gasteiger partial charge is 0.258 e. The van der Waals surface area contributed by atoms with E-state index < -0.39 is 6.04 Å². The van der Waals surface area contributed by atoms with Crippen molar-refractivity contribution in [3.05, 3.63) is 77.7 Å². The van der Waals surface area contributed by atoms with E-state index >= 15 is 0 Å². The topological polar surface area (TPSA) is 110 Å². The molecule has 0 fully saturated rings. The number of rotatable bonds is 13. The standard InChI is InChI=1S/C33H36N4O4/c1-4-25(38)12-6-5-7-13-30(32-36-33(41-37-32)24-15-14-22-10-8-9-11-23(22)18-24)35-31(39)20-27-21(2)34-29-17-16-26(40-3)19-28(27)29/h8-11,14-19,30,34H,4-7,12-13,20H2,1-3H3,(H,35,39)/t30-/m0/s1. The second kappa shape index (κ2) is 12.8. The van der Waals surface area contributed by atoms with E-state index in [0.717, 1.165) is 63.5 Å². The lowest BCUT2D eigenvalue weighted by atomic mass is 10.0. The van der Waals surface area contributed by atoms with Crippen molar-refractivity contribution in [2.45, 2.75) is 64.8 Å². The number of nitrogens with one attached hydrogen (secondary N) is 2. The van der Waals surface area contributed by atoms with E-state index in [1.54, 1.807) is 7.11 Å². The first-order valence-corrected chi connectivity index (χ1v) is 14.2. The summed E-state index contributed by atoms with van der Waals surface area (Å²) < 4.78 is 11.1. The van der Waals surface area contributed by atoms with Crippen molar-refractivity contribution in [2.75, 3.05) is 7.11 Å². The predicted octanol–water partition coefficient (Wildman–Crippen LogP) is 7.02. The van der Waals surface area contributed by atoms with Crippen molar-refractivity contribution in [1.29, 1.82) is 0 Å². The highest BCUT2D eigenvalue weighted by Crippen LogP contribution is 2.28. The van der Waals surface area contributed by atoms with Gasteiger partial charge in [-0.15, -0.1) is 0 Å². The number of unbranched alkanes of at least 4 members (excludes halogenated alkanes) is 2. The molecule has 0 bridgehead atoms. The largest absolute Gasteiger partial charge is 0.497 e. The second-order valence-electron chi connectivity index (χ2n) is 10.4. The fourth-order valence-electron chi connectivity index (χ4n) is 5.23. The number of nitrogens with zero attached hydrogens (tertiary/aromatic N) is 2. The summed E-state index contributed by atoms with van der Waals surface area (Å²) >= 11 is 0. The first-order valence-electron chi connectivity index (χ1n) is 14.2. The number of aromatic amines is 1. The highest BCUT2D eigenvalue weighted by molar-refractivity contribution is 5.91. The summed E-state index contributed by atoms with van der Waals surface area (Å²) in [6.07, 6.45) is 4.54. The van der Waals surface area contributed by atoms with Crippen LogP contribution in [0.1, 0.15) is 68.6 Å². The minimum absolute atomic E-state index is 0.125. The van der Waals surface area contributed by atoms with Crippen molar-refractivity contribution >= 4 is 33.4 Å². The number of hydrogen-bond acceptors (Lipinski definition) is 6. The lowest BCUT2D eigenvalue weighted by Gasteiger charge is -2.16. The number of aryl methyl sites for hydroxylation is 1. The molecule has 41 heavy (non-hydrogen) atoms. The third kappa shape index (κ3) is 6.65. The van der Waals surface area contributed by atoms with Crippen LogP contribution in [0.2, 0.25) is 0 Å². The summed E-state index contributed by atoms with van der Waals surface area (Å²) in [7, 11) is 1.63. The molecule has 0 unspecified atom stereocenters. The molecule has 2 N–H and O–H groups in total. The Hall–Kier alpha value is -4.46. The van der Waals surface area contributed by atoms with Crippen molar-refractivity contribution in [1.82, 2.24) is 20.4 Å². The van der Waals surface area contributed by atoms with Gasteiger partial charge in [-0.05, 0) is 66.4 Å². The van der Waals surface area contributed by atoms with E-state index in [-0.39, 0.29) is 18.1 Å². The minimum Gasteiger partial charge on any atom is -0.497 e. The molecule has 2 heterocycles. The molecule has 8 nitrogen and oxygen atoms in total. The zero-order valence-electron chi connectivity index (χ0n) is 23.8. The van der Waals surface area contributed by atoms with Gasteiger partial charge >= 0.3 is 0 Å². The average Bonchev–Trinajstić information content (AvgIpc) is 3.60. The number of amides is 1. The van der Waals surface area contributed by atoms with Gasteiger partial charge in [-0.3, -0.25) is 9.59 Å². The van der Waals surface area contributed by atoms with Crippen LogP contribution in [-0.2, 0) is 16.0 Å². The Labute approximate surface area is 239 Å². The fourth-order valence-corrected chi connectivity index (χ4v) is 5.23. The molecule has 8 heteroatoms. The molecule has 0 aliphatic heterocycles. The first kappa shape index (κ1) is 28.1. The Morgan fingerprint density at radius 1 is 1.02 bits per heavy atom. The quantitative estimate of drug-likeness (QED) is 0.152. The van der Waals surface area contributed by atoms with Gasteiger partial charge in [-0.25, -0.2) is 0 Å². The normalized spacial score (nSPS) is 12.1. The molecule has 3 aromatic carbocycles. The summed E-state index contributed by atoms with van der Waals surface area (Å²) in [5, 5.41) is 10.6. The molecule has 1 atom stereocenters. The van der Waals surface area contributed by atoms with Crippen LogP contribution in [0.15, 0.2) is 65.2 Å². The predicted molar refractivity (Wildman–Crippen MR) is 160 cm³/mol. The minimum atomic E-state index is -0.414. The van der Waals surface area contributed by atoms with Gasteiger partial charge in [-0.2, -0.15) is 4.98 Å². The lowest BCUT2D eigenvalue weighted by molar-refractivity contribution is -0.121. The highest BCUT2D eigenvalue weighted by atomic mass is 16.5. The zero-order chi connectivity index (χ0) is 28.8. The Bertz CT molecular complexity index is 1670. The van der Waals surface area contributed by atoms with E-state index in [4.69, 9.17) is 14.2 Å². The van der Waals surface area contributed by atoms with Crippen molar-refractivity contribution in [2.24, 2.45) is 0 Å². The molecule has 0 aliphatic carbocycles. The van der Waals surface area contributed by atoms with Gasteiger partial charge in [0.2, 0.25) is 5.91 Å². The number of benzene rings is 3. The molecule has 5 rings (SSSR count). The number of methoxy groups -OCH3 is 1. The number of Topliss-reactive ketones (excluding diaryl/α,β-unsaturated/α-hetero) is 1. The third-order valence-corrected chi connectivity index (χ3v) is 7.59. The molecule has 2 aromatic heterocycles. The zero-order valence-corrected chi connectivity index (χ0v) is 23.8. The number of carbonyl (C=O) groups excluding carboxylic acids is 2. The maximum Gasteiger partial charge on any atom is 0.258 e. The van der Waals surface area contributed by atoms with Crippen LogP contribution in [-0.4, -0.2) is 33.9 Å². The SMILES string of the molecule is CCC(=O)CCCCC[C@H](NC(=O)Cc1c(C)[nH]c2ccc(OC)cc12)c1noc(-c2ccc3ccccc3c2)n1. The molecular weight excluding hydrogens is 516 g/mol. The van der Waals surface area contributed by atoms with Gasteiger partial charge in [-0.1, -0.05) is 55.3 Å². The molecule has 0 aliphatic rings. The van der Waals surface area contributed by atoms with Crippen LogP contribution < -0.4 is 10.1 Å². The van der Waals surface area contributed by atoms with E-state index in [1.165, 1.54) is 0 Å². The monoisotopic (exact) mass is 552 g/mol. The number of ketones is 1. The maximum absolute atomic E-state index is 13.4. The molecule has 0 spiro atoms. The number of ether oxygens (including phenoxy) is 1. The van der Waals surface area contributed by atoms with Crippen LogP contribution in [0.5, 0.6) is 5.75 Å². The van der Waals surface area contributed by atoms with Gasteiger partial charge in [0.1, 0.15) is 11.5 Å². The first-order chi connectivity index (χ1) is 19.9. The van der Waals surface area contributed by atoms with Crippen LogP contribution >= 0.6 is 0 Å². The average molecular weight is 553 g/mol. The molecule has 1 amide bonds. The van der Waals surface area contributed by atoms with E-state index in [1.807, 2.05) is 68.4 Å². The van der Waals surface area contributed by atoms with E-state index in [0.29, 0.717) is 31.0 Å². The van der Waals surface area contributed by atoms with Crippen LogP contribution in [0.25, 0.3) is 33.1 Å². The number of aromatic nitrogens is 3. The Morgan fingerprint density at radius 2 is 1.85 bits per heavy atom. The fraction of sp³-hybridized carbons (Fsp3) is 0.333. The van der Waals surface area contributed by atoms with Gasteiger partial charge in [0.15, 0.2) is 5.82 Å². The number of H-pyrrole nitrogens is 1. The Kier molecular flexibility index (Phi) is 8.77. The van der Waals surface area contributed by atoms with Crippen LogP contribution in [0.4, 0.5) is 0 Å². The van der Waals surface area contributed by atoms with Gasteiger partial charge in [0, 0.05) is 35.0 Å². The van der Waals surface area contributed by atoms with Crippen molar-refractivity contribution < 1.29 is 18.8 Å². The molecule has 0 radical (unpaired) electrons. The number of hydrogen-bond donors (Lipinski definition) is 2. The summed E-state index contributed by atoms with van der Waals surface area (Å²) in [5.74, 6) is 1.76. The highest BCUT2D eigenvalue weighted by Gasteiger charge is 2.23. The van der Waals surface area contributed by atoms with E-state index in [2.05, 4.69) is 21.5 Å². The van der Waals surface area contributed by atoms with Gasteiger partial charge in [0.05, 0.1) is 19.6 Å². The van der Waals surface area contributed by atoms with Crippen LogP contribution in [0, 0.1) is 6.92 Å². The van der Waals surface area contributed by atoms with Gasteiger partial charge in [0.25, 0.3) is 5.89 Å². The van der Waals surface area contributed by atoms with Gasteiger partial charge < -0.3 is 19.6 Å².